The fraction of sp³-hybridized carbons (Fsp3) is 0.250. The lowest BCUT2D eigenvalue weighted by Gasteiger charge is -2.12. The van der Waals surface area contributed by atoms with E-state index in [1.807, 2.05) is 30.3 Å². The predicted octanol–water partition coefficient (Wildman–Crippen LogP) is 2.61. The lowest BCUT2D eigenvalue weighted by Crippen LogP contribution is -2.36. The zero-order chi connectivity index (χ0) is 15.8. The number of nitrogens with one attached hydrogen (secondary N) is 2. The fourth-order valence-corrected chi connectivity index (χ4v) is 1.96. The molecule has 0 unspecified atom stereocenters. The van der Waals surface area contributed by atoms with Crippen LogP contribution in [-0.4, -0.2) is 25.1 Å². The van der Waals surface area contributed by atoms with Gasteiger partial charge in [-0.15, -0.1) is 0 Å². The Hall–Kier alpha value is -2.27. The van der Waals surface area contributed by atoms with E-state index < -0.39 is 0 Å². The van der Waals surface area contributed by atoms with Crippen LogP contribution in [0.5, 0.6) is 5.75 Å². The van der Waals surface area contributed by atoms with Crippen molar-refractivity contribution in [3.05, 3.63) is 58.9 Å². The van der Waals surface area contributed by atoms with E-state index in [0.29, 0.717) is 18.2 Å². The predicted molar refractivity (Wildman–Crippen MR) is 89.3 cm³/mol. The van der Waals surface area contributed by atoms with Crippen molar-refractivity contribution >= 4 is 17.6 Å². The van der Waals surface area contributed by atoms with Crippen LogP contribution in [0.1, 0.15) is 11.1 Å². The van der Waals surface area contributed by atoms with Gasteiger partial charge in [0.25, 0.3) is 0 Å². The highest BCUT2D eigenvalue weighted by Crippen LogP contribution is 2.10. The van der Waals surface area contributed by atoms with Crippen molar-refractivity contribution in [3.63, 3.8) is 0 Å². The normalized spacial score (nSPS) is 11.1. The smallest absolute Gasteiger partial charge is 0.191 e. The van der Waals surface area contributed by atoms with E-state index in [2.05, 4.69) is 20.6 Å². The number of ether oxygens (including phenoxy) is 1. The molecule has 0 amide bonds. The summed E-state index contributed by atoms with van der Waals surface area (Å²) in [5.41, 5.74) is 2.19. The first-order valence-corrected chi connectivity index (χ1v) is 7.27. The number of benzene rings is 1. The third-order valence-electron chi connectivity index (χ3n) is 3.09. The molecule has 2 aromatic rings. The Labute approximate surface area is 135 Å². The van der Waals surface area contributed by atoms with Gasteiger partial charge in [0.2, 0.25) is 0 Å². The molecule has 2 rings (SSSR count). The second-order valence-electron chi connectivity index (χ2n) is 4.62. The van der Waals surface area contributed by atoms with Crippen LogP contribution in [0.15, 0.2) is 47.6 Å². The van der Waals surface area contributed by atoms with E-state index >= 15 is 0 Å². The number of rotatable bonds is 5. The second kappa shape index (κ2) is 8.24. The summed E-state index contributed by atoms with van der Waals surface area (Å²) in [6.07, 6.45) is 1.74. The first kappa shape index (κ1) is 16.1. The van der Waals surface area contributed by atoms with Gasteiger partial charge in [-0.05, 0) is 29.3 Å². The van der Waals surface area contributed by atoms with Gasteiger partial charge in [0.1, 0.15) is 10.9 Å². The number of hydrogen-bond donors (Lipinski definition) is 2. The highest BCUT2D eigenvalue weighted by Gasteiger charge is 2.00. The molecule has 0 aliphatic heterocycles. The lowest BCUT2D eigenvalue weighted by atomic mass is 10.2. The van der Waals surface area contributed by atoms with Gasteiger partial charge in [0.05, 0.1) is 7.11 Å². The van der Waals surface area contributed by atoms with Crippen molar-refractivity contribution in [1.29, 1.82) is 0 Å². The van der Waals surface area contributed by atoms with Crippen LogP contribution in [0.3, 0.4) is 0 Å². The lowest BCUT2D eigenvalue weighted by molar-refractivity contribution is 0.414. The van der Waals surface area contributed by atoms with E-state index in [4.69, 9.17) is 16.3 Å². The first-order valence-electron chi connectivity index (χ1n) is 6.89. The molecule has 0 spiro atoms. The molecule has 0 atom stereocenters. The molecule has 22 heavy (non-hydrogen) atoms. The van der Waals surface area contributed by atoms with Crippen LogP contribution in [0, 0.1) is 0 Å². The van der Waals surface area contributed by atoms with Gasteiger partial charge in [0, 0.05) is 26.3 Å². The van der Waals surface area contributed by atoms with Crippen molar-refractivity contribution in [2.45, 2.75) is 13.1 Å². The van der Waals surface area contributed by atoms with E-state index in [1.165, 1.54) is 0 Å². The number of halogens is 1. The molecule has 0 radical (unpaired) electrons. The molecule has 0 aliphatic rings. The molecule has 0 fully saturated rings. The molecule has 0 aliphatic carbocycles. The van der Waals surface area contributed by atoms with Gasteiger partial charge in [-0.3, -0.25) is 4.99 Å². The standard InChI is InChI=1S/C16H19ClN4O/c1-18-16(21-11-13-5-8-15(17)19-10-13)20-9-12-3-6-14(22-2)7-4-12/h3-8,10H,9,11H2,1-2H3,(H2,18,20,21). The summed E-state index contributed by atoms with van der Waals surface area (Å²) in [5.74, 6) is 1.58. The average molecular weight is 319 g/mol. The minimum absolute atomic E-state index is 0.491. The van der Waals surface area contributed by atoms with Crippen molar-refractivity contribution in [2.75, 3.05) is 14.2 Å². The number of pyridine rings is 1. The molecule has 6 heteroatoms. The molecule has 116 valence electrons. The summed E-state index contributed by atoms with van der Waals surface area (Å²) in [6.45, 7) is 1.31. The summed E-state index contributed by atoms with van der Waals surface area (Å²) >= 11 is 5.76. The maximum absolute atomic E-state index is 5.76. The first-order chi connectivity index (χ1) is 10.7. The van der Waals surface area contributed by atoms with Crippen LogP contribution in [-0.2, 0) is 13.1 Å². The summed E-state index contributed by atoms with van der Waals surface area (Å²) in [5, 5.41) is 6.98. The number of hydrogen-bond acceptors (Lipinski definition) is 3. The molecular formula is C16H19ClN4O. The minimum Gasteiger partial charge on any atom is -0.497 e. The highest BCUT2D eigenvalue weighted by molar-refractivity contribution is 6.29. The molecule has 1 aromatic heterocycles. The number of aliphatic imine (C=N–C) groups is 1. The molecule has 0 bridgehead atoms. The minimum atomic E-state index is 0.491. The second-order valence-corrected chi connectivity index (χ2v) is 5.00. The van der Waals surface area contributed by atoms with Gasteiger partial charge in [-0.25, -0.2) is 4.98 Å². The Morgan fingerprint density at radius 3 is 2.27 bits per heavy atom. The third kappa shape index (κ3) is 4.93. The van der Waals surface area contributed by atoms with Crippen molar-refractivity contribution in [2.24, 2.45) is 4.99 Å². The maximum Gasteiger partial charge on any atom is 0.191 e. The molecule has 1 aromatic carbocycles. The number of methoxy groups -OCH3 is 1. The summed E-state index contributed by atoms with van der Waals surface area (Å²) in [4.78, 5) is 8.24. The van der Waals surface area contributed by atoms with Crippen molar-refractivity contribution in [3.8, 4) is 5.75 Å². The van der Waals surface area contributed by atoms with Crippen LogP contribution >= 0.6 is 11.6 Å². The quantitative estimate of drug-likeness (QED) is 0.505. The van der Waals surface area contributed by atoms with Crippen molar-refractivity contribution < 1.29 is 4.74 Å². The van der Waals surface area contributed by atoms with Gasteiger partial charge in [-0.2, -0.15) is 0 Å². The summed E-state index contributed by atoms with van der Waals surface area (Å²) < 4.78 is 5.14. The molecule has 5 nitrogen and oxygen atoms in total. The average Bonchev–Trinajstić information content (AvgIpc) is 2.57. The van der Waals surface area contributed by atoms with Gasteiger partial charge >= 0.3 is 0 Å². The molecule has 2 N–H and O–H groups in total. The van der Waals surface area contributed by atoms with Crippen LogP contribution in [0.2, 0.25) is 5.15 Å². The monoisotopic (exact) mass is 318 g/mol. The Kier molecular flexibility index (Phi) is 6.03. The number of nitrogens with zero attached hydrogens (tertiary/aromatic N) is 2. The zero-order valence-electron chi connectivity index (χ0n) is 12.6. The Balaban J connectivity index is 1.82. The van der Waals surface area contributed by atoms with Gasteiger partial charge < -0.3 is 15.4 Å². The molecule has 0 saturated carbocycles. The van der Waals surface area contributed by atoms with Crippen LogP contribution < -0.4 is 15.4 Å². The Morgan fingerprint density at radius 1 is 1.09 bits per heavy atom. The summed E-state index contributed by atoms with van der Waals surface area (Å²) in [6, 6.07) is 11.6. The topological polar surface area (TPSA) is 58.5 Å². The Morgan fingerprint density at radius 2 is 1.73 bits per heavy atom. The van der Waals surface area contributed by atoms with Crippen molar-refractivity contribution in [1.82, 2.24) is 15.6 Å². The third-order valence-corrected chi connectivity index (χ3v) is 3.31. The van der Waals surface area contributed by atoms with E-state index in [9.17, 15) is 0 Å². The highest BCUT2D eigenvalue weighted by atomic mass is 35.5. The molecule has 0 saturated heterocycles. The molecule has 1 heterocycles. The van der Waals surface area contributed by atoms with E-state index in [1.54, 1.807) is 26.4 Å². The molecular weight excluding hydrogens is 300 g/mol. The maximum atomic E-state index is 5.76. The van der Waals surface area contributed by atoms with Gasteiger partial charge in [0.15, 0.2) is 5.96 Å². The largest absolute Gasteiger partial charge is 0.497 e. The van der Waals surface area contributed by atoms with E-state index in [-0.39, 0.29) is 0 Å². The zero-order valence-corrected chi connectivity index (χ0v) is 13.4. The van der Waals surface area contributed by atoms with E-state index in [0.717, 1.165) is 22.8 Å². The number of guanidine groups is 1. The Bertz CT molecular complexity index is 611. The summed E-state index contributed by atoms with van der Waals surface area (Å²) in [7, 11) is 3.40. The van der Waals surface area contributed by atoms with Crippen LogP contribution in [0.25, 0.3) is 0 Å². The fourth-order valence-electron chi connectivity index (χ4n) is 1.85. The number of aromatic nitrogens is 1. The van der Waals surface area contributed by atoms with Gasteiger partial charge in [-0.1, -0.05) is 29.8 Å². The van der Waals surface area contributed by atoms with Crippen LogP contribution in [0.4, 0.5) is 0 Å². The SMILES string of the molecule is CN=C(NCc1ccc(OC)cc1)NCc1ccc(Cl)nc1.